The number of fused-ring (bicyclic) bond motifs is 5. The summed E-state index contributed by atoms with van der Waals surface area (Å²) in [5, 5.41) is 0. The van der Waals surface area contributed by atoms with Gasteiger partial charge in [0.15, 0.2) is 0 Å². The Kier molecular flexibility index (Phi) is 6.49. The second-order valence-corrected chi connectivity index (χ2v) is 12.0. The van der Waals surface area contributed by atoms with Gasteiger partial charge in [-0.25, -0.2) is 0 Å². The van der Waals surface area contributed by atoms with Gasteiger partial charge in [-0.15, -0.1) is 0 Å². The third kappa shape index (κ3) is 4.06. The molecular weight excluding hydrogens is 388 g/mol. The first-order chi connectivity index (χ1) is 14.7. The summed E-state index contributed by atoms with van der Waals surface area (Å²) in [4.78, 5) is 23.2. The van der Waals surface area contributed by atoms with E-state index < -0.39 is 0 Å². The van der Waals surface area contributed by atoms with Crippen LogP contribution in [0.3, 0.4) is 0 Å². The maximum Gasteiger partial charge on any atom is 0.305 e. The Morgan fingerprint density at radius 3 is 2.39 bits per heavy atom. The van der Waals surface area contributed by atoms with Crippen molar-refractivity contribution in [3.8, 4) is 0 Å². The molecule has 9 atom stereocenters. The SMILES string of the molecule is COC(=O)CC[C@H](C)[C@H]1CC[C@H]2[C@@H]3CC[C@@H]4C[C@H](OC(C)=O)CC[C@]4(C)[C@H]3CC[C@]12C. The Morgan fingerprint density at radius 1 is 0.968 bits per heavy atom. The number of carbonyl (C=O) groups excluding carboxylic acids is 2. The maximum atomic E-state index is 11.7. The summed E-state index contributed by atoms with van der Waals surface area (Å²) in [5.74, 6) is 4.42. The molecule has 0 aromatic rings. The number of hydrogen-bond donors (Lipinski definition) is 0. The van der Waals surface area contributed by atoms with E-state index in [1.54, 1.807) is 6.92 Å². The predicted molar refractivity (Wildman–Crippen MR) is 121 cm³/mol. The lowest BCUT2D eigenvalue weighted by atomic mass is 9.44. The third-order valence-corrected chi connectivity index (χ3v) is 10.7. The van der Waals surface area contributed by atoms with Crippen LogP contribution in [0.1, 0.15) is 98.3 Å². The van der Waals surface area contributed by atoms with Crippen molar-refractivity contribution >= 4 is 11.9 Å². The Bertz CT molecular complexity index is 689. The molecule has 4 aliphatic carbocycles. The van der Waals surface area contributed by atoms with Crippen molar-refractivity contribution in [3.63, 3.8) is 0 Å². The molecule has 31 heavy (non-hydrogen) atoms. The van der Waals surface area contributed by atoms with E-state index >= 15 is 0 Å². The van der Waals surface area contributed by atoms with E-state index in [1.165, 1.54) is 52.1 Å². The summed E-state index contributed by atoms with van der Waals surface area (Å²) in [6.07, 6.45) is 13.1. The van der Waals surface area contributed by atoms with E-state index in [4.69, 9.17) is 9.47 Å². The van der Waals surface area contributed by atoms with Crippen LogP contribution < -0.4 is 0 Å². The van der Waals surface area contributed by atoms with Gasteiger partial charge >= 0.3 is 11.9 Å². The van der Waals surface area contributed by atoms with Crippen LogP contribution in [-0.2, 0) is 19.1 Å². The molecule has 0 N–H and O–H groups in total. The van der Waals surface area contributed by atoms with Crippen molar-refractivity contribution < 1.29 is 19.1 Å². The fraction of sp³-hybridized carbons (Fsp3) is 0.926. The first-order valence-electron chi connectivity index (χ1n) is 12.9. The van der Waals surface area contributed by atoms with E-state index in [9.17, 15) is 9.59 Å². The third-order valence-electron chi connectivity index (χ3n) is 10.7. The van der Waals surface area contributed by atoms with Crippen molar-refractivity contribution in [2.45, 2.75) is 104 Å². The van der Waals surface area contributed by atoms with Gasteiger partial charge < -0.3 is 9.47 Å². The molecule has 0 aromatic carbocycles. The number of hydrogen-bond acceptors (Lipinski definition) is 4. The lowest BCUT2D eigenvalue weighted by molar-refractivity contribution is -0.160. The fourth-order valence-corrected chi connectivity index (χ4v) is 9.18. The minimum atomic E-state index is -0.117. The zero-order valence-electron chi connectivity index (χ0n) is 20.5. The molecule has 4 saturated carbocycles. The van der Waals surface area contributed by atoms with Gasteiger partial charge in [-0.3, -0.25) is 9.59 Å². The molecule has 0 bridgehead atoms. The predicted octanol–water partition coefficient (Wildman–Crippen LogP) is 6.17. The lowest BCUT2D eigenvalue weighted by Gasteiger charge is -2.61. The van der Waals surface area contributed by atoms with Crippen molar-refractivity contribution in [1.82, 2.24) is 0 Å². The summed E-state index contributed by atoms with van der Waals surface area (Å²) in [7, 11) is 1.50. The highest BCUT2D eigenvalue weighted by atomic mass is 16.5. The minimum Gasteiger partial charge on any atom is -0.469 e. The average Bonchev–Trinajstić information content (AvgIpc) is 3.09. The summed E-state index contributed by atoms with van der Waals surface area (Å²) in [5.41, 5.74) is 0.865. The van der Waals surface area contributed by atoms with Crippen LogP contribution >= 0.6 is 0 Å². The molecule has 0 heterocycles. The summed E-state index contributed by atoms with van der Waals surface area (Å²) < 4.78 is 10.5. The van der Waals surface area contributed by atoms with E-state index in [-0.39, 0.29) is 18.0 Å². The molecule has 4 aliphatic rings. The fourth-order valence-electron chi connectivity index (χ4n) is 9.18. The Morgan fingerprint density at radius 2 is 1.68 bits per heavy atom. The lowest BCUT2D eigenvalue weighted by Crippen LogP contribution is -2.54. The first-order valence-corrected chi connectivity index (χ1v) is 12.9. The minimum absolute atomic E-state index is 0.0640. The number of carbonyl (C=O) groups is 2. The van der Waals surface area contributed by atoms with Crippen LogP contribution in [0.15, 0.2) is 0 Å². The Labute approximate surface area is 189 Å². The molecular formula is C27H44O4. The monoisotopic (exact) mass is 432 g/mol. The Hall–Kier alpha value is -1.06. The molecule has 4 heteroatoms. The van der Waals surface area contributed by atoms with Gasteiger partial charge in [-0.05, 0) is 111 Å². The molecule has 0 saturated heterocycles. The number of methoxy groups -OCH3 is 1. The van der Waals surface area contributed by atoms with E-state index in [1.807, 2.05) is 0 Å². The zero-order chi connectivity index (χ0) is 22.4. The highest BCUT2D eigenvalue weighted by Crippen LogP contribution is 2.68. The number of ether oxygens (including phenoxy) is 2. The molecule has 0 spiro atoms. The van der Waals surface area contributed by atoms with Crippen LogP contribution in [0.5, 0.6) is 0 Å². The van der Waals surface area contributed by atoms with Gasteiger partial charge in [0.25, 0.3) is 0 Å². The smallest absolute Gasteiger partial charge is 0.305 e. The van der Waals surface area contributed by atoms with E-state index in [2.05, 4.69) is 20.8 Å². The molecule has 4 fully saturated rings. The van der Waals surface area contributed by atoms with Gasteiger partial charge in [-0.2, -0.15) is 0 Å². The molecule has 4 rings (SSSR count). The summed E-state index contributed by atoms with van der Waals surface area (Å²) in [6.45, 7) is 9.09. The second kappa shape index (κ2) is 8.71. The molecule has 176 valence electrons. The normalized spacial score (nSPS) is 45.1. The van der Waals surface area contributed by atoms with E-state index in [0.29, 0.717) is 29.1 Å². The first kappa shape index (κ1) is 23.1. The largest absolute Gasteiger partial charge is 0.469 e. The second-order valence-electron chi connectivity index (χ2n) is 12.0. The van der Waals surface area contributed by atoms with Gasteiger partial charge in [0, 0.05) is 13.3 Å². The van der Waals surface area contributed by atoms with Crippen molar-refractivity contribution in [2.75, 3.05) is 7.11 Å². The van der Waals surface area contributed by atoms with Gasteiger partial charge in [-0.1, -0.05) is 20.8 Å². The Balaban J connectivity index is 1.45. The average molecular weight is 433 g/mol. The van der Waals surface area contributed by atoms with Crippen LogP contribution in [0.4, 0.5) is 0 Å². The van der Waals surface area contributed by atoms with E-state index in [0.717, 1.165) is 42.9 Å². The quantitative estimate of drug-likeness (QED) is 0.488. The van der Waals surface area contributed by atoms with Crippen molar-refractivity contribution in [3.05, 3.63) is 0 Å². The topological polar surface area (TPSA) is 52.6 Å². The van der Waals surface area contributed by atoms with Gasteiger partial charge in [0.1, 0.15) is 6.10 Å². The maximum absolute atomic E-state index is 11.7. The standard InChI is InChI=1S/C27H44O4/c1-17(6-11-25(29)30-5)22-9-10-23-21-8-7-19-16-20(31-18(2)28)12-14-26(19,3)24(21)13-15-27(22,23)4/h17,19-24H,6-16H2,1-5H3/t17-,19+,20+,21-,22+,23-,24-,26-,27+/m0/s1. The van der Waals surface area contributed by atoms with Crippen LogP contribution in [0.25, 0.3) is 0 Å². The molecule has 0 radical (unpaired) electrons. The van der Waals surface area contributed by atoms with Crippen molar-refractivity contribution in [1.29, 1.82) is 0 Å². The molecule has 4 nitrogen and oxygen atoms in total. The molecule has 0 aliphatic heterocycles. The molecule has 0 aromatic heterocycles. The summed E-state index contributed by atoms with van der Waals surface area (Å²) >= 11 is 0. The van der Waals surface area contributed by atoms with Gasteiger partial charge in [0.05, 0.1) is 7.11 Å². The van der Waals surface area contributed by atoms with Gasteiger partial charge in [0.2, 0.25) is 0 Å². The summed E-state index contributed by atoms with van der Waals surface area (Å²) in [6, 6.07) is 0. The van der Waals surface area contributed by atoms with Crippen LogP contribution in [0, 0.1) is 46.3 Å². The highest BCUT2D eigenvalue weighted by Gasteiger charge is 2.60. The highest BCUT2D eigenvalue weighted by molar-refractivity contribution is 5.69. The van der Waals surface area contributed by atoms with Crippen molar-refractivity contribution in [2.24, 2.45) is 46.3 Å². The molecule has 0 amide bonds. The number of esters is 2. The zero-order valence-corrected chi connectivity index (χ0v) is 20.5. The van der Waals surface area contributed by atoms with Crippen LogP contribution in [-0.4, -0.2) is 25.2 Å². The number of rotatable bonds is 5. The van der Waals surface area contributed by atoms with Crippen LogP contribution in [0.2, 0.25) is 0 Å². The molecule has 0 unspecified atom stereocenters.